The summed E-state index contributed by atoms with van der Waals surface area (Å²) in [6, 6.07) is 0. The Kier molecular flexibility index (Phi) is 4.58. The summed E-state index contributed by atoms with van der Waals surface area (Å²) >= 11 is 2.25. The number of ether oxygens (including phenoxy) is 1. The van der Waals surface area contributed by atoms with E-state index in [-0.39, 0.29) is 5.41 Å². The summed E-state index contributed by atoms with van der Waals surface area (Å²) in [7, 11) is 1.72. The zero-order valence-electron chi connectivity index (χ0n) is 9.71. The Labute approximate surface area is 114 Å². The van der Waals surface area contributed by atoms with Crippen LogP contribution in [0, 0.1) is 5.41 Å². The molecular formula is C12H19IO2S. The Bertz CT molecular complexity index is 272. The number of carbonyl (C=O) groups excluding carboxylic acids is 1. The van der Waals surface area contributed by atoms with Gasteiger partial charge in [-0.1, -0.05) is 15.9 Å². The standard InChI is InChI=1S/C12H19IO2S/c1-12(6-4-9(14)5-7-16-13)8-10-2-3-11(12)15-10/h10-11H,2-8H2,1H3. The predicted octanol–water partition coefficient (Wildman–Crippen LogP) is 3.77. The van der Waals surface area contributed by atoms with E-state index in [1.807, 2.05) is 0 Å². The van der Waals surface area contributed by atoms with E-state index in [4.69, 9.17) is 4.74 Å². The van der Waals surface area contributed by atoms with Crippen molar-refractivity contribution in [2.75, 3.05) is 5.75 Å². The topological polar surface area (TPSA) is 26.3 Å². The van der Waals surface area contributed by atoms with Gasteiger partial charge >= 0.3 is 0 Å². The van der Waals surface area contributed by atoms with Crippen molar-refractivity contribution in [3.63, 3.8) is 0 Å². The van der Waals surface area contributed by atoms with Crippen LogP contribution in [-0.2, 0) is 9.53 Å². The van der Waals surface area contributed by atoms with E-state index in [0.29, 0.717) is 18.0 Å². The first-order chi connectivity index (χ1) is 7.64. The van der Waals surface area contributed by atoms with E-state index in [1.54, 1.807) is 8.93 Å². The third-order valence-electron chi connectivity index (χ3n) is 4.01. The molecule has 0 radical (unpaired) electrons. The van der Waals surface area contributed by atoms with E-state index >= 15 is 0 Å². The van der Waals surface area contributed by atoms with Crippen LogP contribution in [0.5, 0.6) is 0 Å². The van der Waals surface area contributed by atoms with E-state index in [0.717, 1.165) is 25.0 Å². The van der Waals surface area contributed by atoms with Gasteiger partial charge in [0.2, 0.25) is 0 Å². The summed E-state index contributed by atoms with van der Waals surface area (Å²) in [6.07, 6.45) is 7.06. The number of carbonyl (C=O) groups is 1. The van der Waals surface area contributed by atoms with Gasteiger partial charge in [-0.05, 0) is 52.3 Å². The molecule has 3 atom stereocenters. The Morgan fingerprint density at radius 3 is 2.88 bits per heavy atom. The molecule has 0 amide bonds. The van der Waals surface area contributed by atoms with Crippen LogP contribution in [0.3, 0.4) is 0 Å². The highest BCUT2D eigenvalue weighted by Gasteiger charge is 2.48. The molecule has 4 heteroatoms. The molecule has 92 valence electrons. The Morgan fingerprint density at radius 1 is 1.50 bits per heavy atom. The summed E-state index contributed by atoms with van der Waals surface area (Å²) in [5.41, 5.74) is 0.288. The van der Waals surface area contributed by atoms with Crippen LogP contribution in [0.2, 0.25) is 0 Å². The number of hydrogen-bond donors (Lipinski definition) is 0. The van der Waals surface area contributed by atoms with Crippen molar-refractivity contribution < 1.29 is 9.53 Å². The van der Waals surface area contributed by atoms with Crippen LogP contribution in [0.25, 0.3) is 0 Å². The first kappa shape index (κ1) is 13.1. The molecule has 2 aliphatic heterocycles. The zero-order chi connectivity index (χ0) is 11.6. The molecule has 3 unspecified atom stereocenters. The lowest BCUT2D eigenvalue weighted by molar-refractivity contribution is -0.119. The molecule has 0 saturated carbocycles. The molecule has 2 aliphatic rings. The van der Waals surface area contributed by atoms with Gasteiger partial charge in [0.1, 0.15) is 5.78 Å². The van der Waals surface area contributed by atoms with Crippen LogP contribution in [0.1, 0.15) is 45.4 Å². The van der Waals surface area contributed by atoms with Gasteiger partial charge in [0.05, 0.1) is 12.2 Å². The number of hydrogen-bond acceptors (Lipinski definition) is 3. The molecule has 2 saturated heterocycles. The van der Waals surface area contributed by atoms with Crippen molar-refractivity contribution in [1.82, 2.24) is 0 Å². The van der Waals surface area contributed by atoms with Crippen LogP contribution in [0.4, 0.5) is 0 Å². The number of rotatable bonds is 6. The molecule has 0 aliphatic carbocycles. The fraction of sp³-hybridized carbons (Fsp3) is 0.917. The fourth-order valence-electron chi connectivity index (χ4n) is 2.99. The van der Waals surface area contributed by atoms with E-state index in [1.165, 1.54) is 19.3 Å². The van der Waals surface area contributed by atoms with Crippen LogP contribution in [0.15, 0.2) is 0 Å². The van der Waals surface area contributed by atoms with Gasteiger partial charge < -0.3 is 4.74 Å². The minimum atomic E-state index is 0.288. The van der Waals surface area contributed by atoms with Gasteiger partial charge in [0.25, 0.3) is 0 Å². The fourth-order valence-corrected chi connectivity index (χ4v) is 3.95. The van der Waals surface area contributed by atoms with E-state index in [2.05, 4.69) is 28.1 Å². The Balaban J connectivity index is 1.75. The highest BCUT2D eigenvalue weighted by Crippen LogP contribution is 2.50. The maximum atomic E-state index is 11.6. The van der Waals surface area contributed by atoms with Gasteiger partial charge in [0.15, 0.2) is 0 Å². The first-order valence-electron chi connectivity index (χ1n) is 6.05. The van der Waals surface area contributed by atoms with Crippen molar-refractivity contribution in [2.45, 2.75) is 57.7 Å². The normalized spacial score (nSPS) is 36.9. The molecular weight excluding hydrogens is 335 g/mol. The van der Waals surface area contributed by atoms with E-state index in [9.17, 15) is 4.79 Å². The minimum Gasteiger partial charge on any atom is -0.374 e. The highest BCUT2D eigenvalue weighted by molar-refractivity contribution is 14.2. The van der Waals surface area contributed by atoms with Gasteiger partial charge in [-0.15, -0.1) is 0 Å². The Hall–Kier alpha value is 0.710. The predicted molar refractivity (Wildman–Crippen MR) is 76.0 cm³/mol. The average molecular weight is 354 g/mol. The van der Waals surface area contributed by atoms with Crippen LogP contribution in [-0.4, -0.2) is 23.7 Å². The first-order valence-corrected chi connectivity index (χ1v) is 9.57. The average Bonchev–Trinajstić information content (AvgIpc) is 2.83. The summed E-state index contributed by atoms with van der Waals surface area (Å²) in [5.74, 6) is 1.38. The zero-order valence-corrected chi connectivity index (χ0v) is 12.7. The molecule has 2 rings (SSSR count). The van der Waals surface area contributed by atoms with Crippen LogP contribution < -0.4 is 0 Å². The molecule has 0 aromatic carbocycles. The molecule has 16 heavy (non-hydrogen) atoms. The minimum absolute atomic E-state index is 0.288. The van der Waals surface area contributed by atoms with Gasteiger partial charge in [-0.3, -0.25) is 4.79 Å². The molecule has 0 spiro atoms. The maximum absolute atomic E-state index is 11.6. The van der Waals surface area contributed by atoms with Crippen molar-refractivity contribution >= 4 is 35.9 Å². The molecule has 2 nitrogen and oxygen atoms in total. The second-order valence-corrected chi connectivity index (χ2v) is 7.78. The number of Topliss-reactive ketones (excluding diaryl/α,β-unsaturated/α-hetero) is 1. The summed E-state index contributed by atoms with van der Waals surface area (Å²) in [6.45, 7) is 2.30. The monoisotopic (exact) mass is 354 g/mol. The molecule has 2 heterocycles. The van der Waals surface area contributed by atoms with Crippen molar-refractivity contribution in [3.8, 4) is 0 Å². The summed E-state index contributed by atoms with van der Waals surface area (Å²) in [4.78, 5) is 11.6. The number of fused-ring (bicyclic) bond motifs is 2. The second-order valence-electron chi connectivity index (χ2n) is 5.28. The third kappa shape index (κ3) is 2.93. The SMILES string of the molecule is CC1(CCC(=O)CCSI)CC2CCC1O2. The molecule has 0 aromatic heterocycles. The molecule has 0 N–H and O–H groups in total. The lowest BCUT2D eigenvalue weighted by Crippen LogP contribution is -2.29. The van der Waals surface area contributed by atoms with Gasteiger partial charge in [-0.25, -0.2) is 0 Å². The summed E-state index contributed by atoms with van der Waals surface area (Å²) in [5, 5.41) is 0. The smallest absolute Gasteiger partial charge is 0.133 e. The van der Waals surface area contributed by atoms with Crippen LogP contribution >= 0.6 is 30.1 Å². The molecule has 0 aromatic rings. The summed E-state index contributed by atoms with van der Waals surface area (Å²) < 4.78 is 5.88. The van der Waals surface area contributed by atoms with Gasteiger partial charge in [-0.2, -0.15) is 0 Å². The third-order valence-corrected chi connectivity index (χ3v) is 5.69. The lowest BCUT2D eigenvalue weighted by Gasteiger charge is -2.30. The van der Waals surface area contributed by atoms with Gasteiger partial charge in [0, 0.05) is 18.6 Å². The largest absolute Gasteiger partial charge is 0.374 e. The highest BCUT2D eigenvalue weighted by atomic mass is 127. The maximum Gasteiger partial charge on any atom is 0.133 e. The quantitative estimate of drug-likeness (QED) is 0.680. The van der Waals surface area contributed by atoms with Crippen molar-refractivity contribution in [2.24, 2.45) is 5.41 Å². The number of halogens is 1. The van der Waals surface area contributed by atoms with Crippen molar-refractivity contribution in [1.29, 1.82) is 0 Å². The van der Waals surface area contributed by atoms with E-state index < -0.39 is 0 Å². The Morgan fingerprint density at radius 2 is 2.31 bits per heavy atom. The molecule has 2 bridgehead atoms. The second kappa shape index (κ2) is 5.57. The molecule has 2 fully saturated rings. The van der Waals surface area contributed by atoms with Crippen molar-refractivity contribution in [3.05, 3.63) is 0 Å². The number of ketones is 1. The lowest BCUT2D eigenvalue weighted by atomic mass is 9.72.